The van der Waals surface area contributed by atoms with Gasteiger partial charge in [0.15, 0.2) is 0 Å². The number of benzene rings is 1. The van der Waals surface area contributed by atoms with Crippen LogP contribution in [0.2, 0.25) is 5.02 Å². The molecule has 20 heavy (non-hydrogen) atoms. The minimum atomic E-state index is -1.18. The van der Waals surface area contributed by atoms with E-state index in [0.717, 1.165) is 6.07 Å². The summed E-state index contributed by atoms with van der Waals surface area (Å²) >= 11 is 5.91. The van der Waals surface area contributed by atoms with Gasteiger partial charge in [0.25, 0.3) is 0 Å². The molecular formula is C13H12ClFN2O3. The molecule has 0 spiro atoms. The summed E-state index contributed by atoms with van der Waals surface area (Å²) in [5, 5.41) is 10.4. The summed E-state index contributed by atoms with van der Waals surface area (Å²) < 4.78 is 23.0. The van der Waals surface area contributed by atoms with Crippen molar-refractivity contribution in [2.45, 2.75) is 6.10 Å². The molecule has 1 aromatic heterocycles. The van der Waals surface area contributed by atoms with E-state index < -0.39 is 11.9 Å². The van der Waals surface area contributed by atoms with E-state index in [0.29, 0.717) is 5.56 Å². The Hall–Kier alpha value is -1.92. The summed E-state index contributed by atoms with van der Waals surface area (Å²) in [6, 6.07) is 3.70. The molecule has 0 aliphatic rings. The molecule has 0 amide bonds. The number of aliphatic hydroxyl groups excluding tert-OH is 1. The van der Waals surface area contributed by atoms with Crippen LogP contribution in [0, 0.1) is 5.82 Å². The highest BCUT2D eigenvalue weighted by Crippen LogP contribution is 2.32. The molecule has 1 heterocycles. The first-order chi connectivity index (χ1) is 9.56. The zero-order valence-corrected chi connectivity index (χ0v) is 11.6. The van der Waals surface area contributed by atoms with E-state index >= 15 is 0 Å². The number of aliphatic hydroxyl groups is 1. The fourth-order valence-corrected chi connectivity index (χ4v) is 1.94. The van der Waals surface area contributed by atoms with Crippen LogP contribution < -0.4 is 9.47 Å². The van der Waals surface area contributed by atoms with E-state index in [9.17, 15) is 9.50 Å². The Kier molecular flexibility index (Phi) is 4.36. The van der Waals surface area contributed by atoms with Crippen molar-refractivity contribution in [1.82, 2.24) is 9.97 Å². The Morgan fingerprint density at radius 2 is 2.05 bits per heavy atom. The van der Waals surface area contributed by atoms with Gasteiger partial charge in [-0.1, -0.05) is 17.7 Å². The molecule has 106 valence electrons. The summed E-state index contributed by atoms with van der Waals surface area (Å²) in [5.41, 5.74) is 0.479. The molecule has 2 aromatic rings. The number of hydrogen-bond donors (Lipinski definition) is 1. The molecule has 1 aromatic carbocycles. The van der Waals surface area contributed by atoms with Gasteiger partial charge in [-0.2, -0.15) is 4.98 Å². The van der Waals surface area contributed by atoms with Crippen molar-refractivity contribution in [3.8, 4) is 11.8 Å². The third-order valence-corrected chi connectivity index (χ3v) is 2.99. The Bertz CT molecular complexity index is 625. The average Bonchev–Trinajstić information content (AvgIpc) is 2.46. The van der Waals surface area contributed by atoms with Crippen molar-refractivity contribution in [3.05, 3.63) is 46.5 Å². The first-order valence-corrected chi connectivity index (χ1v) is 6.02. The lowest BCUT2D eigenvalue weighted by Gasteiger charge is -2.15. The van der Waals surface area contributed by atoms with Crippen LogP contribution >= 0.6 is 11.6 Å². The second kappa shape index (κ2) is 6.02. The van der Waals surface area contributed by atoms with Gasteiger partial charge in [-0.15, -0.1) is 0 Å². The van der Waals surface area contributed by atoms with Crippen LogP contribution in [0.4, 0.5) is 4.39 Å². The lowest BCUT2D eigenvalue weighted by Crippen LogP contribution is -2.08. The third-order valence-electron chi connectivity index (χ3n) is 2.66. The van der Waals surface area contributed by atoms with Crippen LogP contribution in [0.3, 0.4) is 0 Å². The van der Waals surface area contributed by atoms with Crippen molar-refractivity contribution < 1.29 is 19.0 Å². The summed E-state index contributed by atoms with van der Waals surface area (Å²) in [6.07, 6.45) is 0.162. The number of rotatable bonds is 4. The fraction of sp³-hybridized carbons (Fsp3) is 0.231. The van der Waals surface area contributed by atoms with Gasteiger partial charge in [-0.3, -0.25) is 0 Å². The molecule has 0 aliphatic carbocycles. The molecule has 0 fully saturated rings. The average molecular weight is 299 g/mol. The Morgan fingerprint density at radius 3 is 2.65 bits per heavy atom. The molecule has 0 bridgehead atoms. The molecule has 1 atom stereocenters. The fourth-order valence-electron chi connectivity index (χ4n) is 1.67. The van der Waals surface area contributed by atoms with Gasteiger partial charge < -0.3 is 14.6 Å². The van der Waals surface area contributed by atoms with Crippen molar-refractivity contribution in [3.63, 3.8) is 0 Å². The maximum atomic E-state index is 13.0. The van der Waals surface area contributed by atoms with Crippen LogP contribution in [0.1, 0.15) is 17.4 Å². The summed E-state index contributed by atoms with van der Waals surface area (Å²) in [6.45, 7) is 0. The molecule has 5 nitrogen and oxygen atoms in total. The van der Waals surface area contributed by atoms with Crippen LogP contribution in [-0.2, 0) is 0 Å². The molecule has 2 rings (SSSR count). The number of hydrogen-bond acceptors (Lipinski definition) is 5. The predicted octanol–water partition coefficient (Wildman–Crippen LogP) is 2.37. The van der Waals surface area contributed by atoms with Gasteiger partial charge in [0.2, 0.25) is 11.8 Å². The second-order valence-electron chi connectivity index (χ2n) is 3.88. The van der Waals surface area contributed by atoms with Crippen molar-refractivity contribution in [2.24, 2.45) is 0 Å². The largest absolute Gasteiger partial charge is 0.480 e. The SMILES string of the molecule is COc1cnc(C(O)c2ccc(F)cc2Cl)c(OC)n1. The number of aromatic nitrogens is 2. The zero-order chi connectivity index (χ0) is 14.7. The Balaban J connectivity index is 2.44. The minimum absolute atomic E-state index is 0.0946. The lowest BCUT2D eigenvalue weighted by molar-refractivity contribution is 0.206. The van der Waals surface area contributed by atoms with E-state index in [1.54, 1.807) is 0 Å². The smallest absolute Gasteiger partial charge is 0.241 e. The van der Waals surface area contributed by atoms with Gasteiger partial charge in [-0.05, 0) is 12.1 Å². The van der Waals surface area contributed by atoms with Gasteiger partial charge in [0.1, 0.15) is 17.6 Å². The quantitative estimate of drug-likeness (QED) is 0.939. The summed E-state index contributed by atoms with van der Waals surface area (Å²) in [5.74, 6) is -0.126. The molecule has 0 saturated carbocycles. The summed E-state index contributed by atoms with van der Waals surface area (Å²) in [7, 11) is 2.84. The van der Waals surface area contributed by atoms with Crippen molar-refractivity contribution in [2.75, 3.05) is 14.2 Å². The molecule has 1 N–H and O–H groups in total. The van der Waals surface area contributed by atoms with E-state index in [1.165, 1.54) is 32.5 Å². The van der Waals surface area contributed by atoms with Crippen LogP contribution in [0.15, 0.2) is 24.4 Å². The topological polar surface area (TPSA) is 64.5 Å². The molecule has 1 unspecified atom stereocenters. The van der Waals surface area contributed by atoms with Crippen LogP contribution in [0.25, 0.3) is 0 Å². The third kappa shape index (κ3) is 2.81. The summed E-state index contributed by atoms with van der Waals surface area (Å²) in [4.78, 5) is 8.06. The maximum Gasteiger partial charge on any atom is 0.241 e. The second-order valence-corrected chi connectivity index (χ2v) is 4.28. The van der Waals surface area contributed by atoms with Crippen molar-refractivity contribution in [1.29, 1.82) is 0 Å². The molecular weight excluding hydrogens is 287 g/mol. The predicted molar refractivity (Wildman–Crippen MR) is 70.6 cm³/mol. The van der Waals surface area contributed by atoms with Crippen molar-refractivity contribution >= 4 is 11.6 Å². The van der Waals surface area contributed by atoms with Gasteiger partial charge >= 0.3 is 0 Å². The van der Waals surface area contributed by atoms with E-state index in [1.807, 2.05) is 0 Å². The highest BCUT2D eigenvalue weighted by Gasteiger charge is 2.21. The van der Waals surface area contributed by atoms with Gasteiger partial charge in [-0.25, -0.2) is 9.37 Å². The number of ether oxygens (including phenoxy) is 2. The van der Waals surface area contributed by atoms with E-state index in [4.69, 9.17) is 21.1 Å². The maximum absolute atomic E-state index is 13.0. The highest BCUT2D eigenvalue weighted by atomic mass is 35.5. The monoisotopic (exact) mass is 298 g/mol. The first kappa shape index (κ1) is 14.5. The lowest BCUT2D eigenvalue weighted by atomic mass is 10.1. The number of nitrogens with zero attached hydrogens (tertiary/aromatic N) is 2. The highest BCUT2D eigenvalue weighted by molar-refractivity contribution is 6.31. The van der Waals surface area contributed by atoms with Crippen LogP contribution in [-0.4, -0.2) is 29.3 Å². The normalized spacial score (nSPS) is 12.1. The zero-order valence-electron chi connectivity index (χ0n) is 10.8. The molecule has 0 saturated heterocycles. The van der Waals surface area contributed by atoms with Gasteiger partial charge in [0.05, 0.1) is 20.4 Å². The molecule has 0 aliphatic heterocycles. The first-order valence-electron chi connectivity index (χ1n) is 5.64. The van der Waals surface area contributed by atoms with E-state index in [-0.39, 0.29) is 22.5 Å². The Morgan fingerprint density at radius 1 is 1.30 bits per heavy atom. The molecule has 0 radical (unpaired) electrons. The standard InChI is InChI=1S/C13H12ClFN2O3/c1-19-10-6-16-11(13(17-10)20-2)12(18)8-4-3-7(15)5-9(8)14/h3-6,12,18H,1-2H3. The Labute approximate surface area is 120 Å². The minimum Gasteiger partial charge on any atom is -0.480 e. The van der Waals surface area contributed by atoms with Gasteiger partial charge in [0, 0.05) is 10.6 Å². The van der Waals surface area contributed by atoms with E-state index in [2.05, 4.69) is 9.97 Å². The number of methoxy groups -OCH3 is 2. The molecule has 7 heteroatoms. The number of halogens is 2. The van der Waals surface area contributed by atoms with Crippen LogP contribution in [0.5, 0.6) is 11.8 Å².